The Morgan fingerprint density at radius 2 is 1.83 bits per heavy atom. The molecule has 4 rings (SSSR count). The molecule has 0 bridgehead atoms. The van der Waals surface area contributed by atoms with Crippen molar-refractivity contribution in [3.8, 4) is 11.5 Å². The Morgan fingerprint density at radius 1 is 1.07 bits per heavy atom. The molecule has 0 aliphatic heterocycles. The SMILES string of the molecule is Cl.Cl.NC[C@H]1CCC[C@H]1C(=O)Nc1ccc(Oc2ccnc3ccccc23)cc1. The normalized spacial score (nSPS) is 17.8. The summed E-state index contributed by atoms with van der Waals surface area (Å²) in [6.07, 6.45) is 4.78. The minimum atomic E-state index is 0. The van der Waals surface area contributed by atoms with Crippen LogP contribution in [0.25, 0.3) is 10.9 Å². The second kappa shape index (κ2) is 10.4. The van der Waals surface area contributed by atoms with E-state index in [2.05, 4.69) is 10.3 Å². The summed E-state index contributed by atoms with van der Waals surface area (Å²) in [7, 11) is 0. The molecule has 3 N–H and O–H groups in total. The third kappa shape index (κ3) is 5.18. The summed E-state index contributed by atoms with van der Waals surface area (Å²) >= 11 is 0. The zero-order chi connectivity index (χ0) is 18.6. The Labute approximate surface area is 182 Å². The summed E-state index contributed by atoms with van der Waals surface area (Å²) in [5.41, 5.74) is 7.45. The predicted octanol–water partition coefficient (Wildman–Crippen LogP) is 5.18. The van der Waals surface area contributed by atoms with Crippen molar-refractivity contribution in [1.29, 1.82) is 0 Å². The molecule has 1 saturated carbocycles. The Hall–Kier alpha value is -2.34. The molecule has 2 aromatic carbocycles. The second-order valence-electron chi connectivity index (χ2n) is 6.98. The minimum absolute atomic E-state index is 0. The van der Waals surface area contributed by atoms with Crippen molar-refractivity contribution in [1.82, 2.24) is 4.98 Å². The van der Waals surface area contributed by atoms with Crippen LogP contribution in [0.1, 0.15) is 19.3 Å². The van der Waals surface area contributed by atoms with Gasteiger partial charge in [0, 0.05) is 23.2 Å². The highest BCUT2D eigenvalue weighted by Gasteiger charge is 2.31. The van der Waals surface area contributed by atoms with Gasteiger partial charge in [-0.05, 0) is 67.8 Å². The molecule has 0 radical (unpaired) electrons. The number of rotatable bonds is 5. The number of fused-ring (bicyclic) bond motifs is 1. The highest BCUT2D eigenvalue weighted by Crippen LogP contribution is 2.32. The first-order valence-electron chi connectivity index (χ1n) is 9.37. The summed E-state index contributed by atoms with van der Waals surface area (Å²) in [5, 5.41) is 3.97. The van der Waals surface area contributed by atoms with Crippen LogP contribution in [-0.2, 0) is 4.79 Å². The maximum Gasteiger partial charge on any atom is 0.227 e. The molecule has 1 aliphatic carbocycles. The van der Waals surface area contributed by atoms with Crippen molar-refractivity contribution >= 4 is 47.3 Å². The average molecular weight is 434 g/mol. The average Bonchev–Trinajstić information content (AvgIpc) is 3.19. The topological polar surface area (TPSA) is 77.2 Å². The number of carbonyl (C=O) groups excluding carboxylic acids is 1. The van der Waals surface area contributed by atoms with Crippen LogP contribution in [0.4, 0.5) is 5.69 Å². The molecule has 0 unspecified atom stereocenters. The van der Waals surface area contributed by atoms with Gasteiger partial charge in [0.25, 0.3) is 0 Å². The van der Waals surface area contributed by atoms with Gasteiger partial charge in [0.1, 0.15) is 11.5 Å². The largest absolute Gasteiger partial charge is 0.457 e. The number of halogens is 2. The molecule has 0 spiro atoms. The number of nitrogens with two attached hydrogens (primary N) is 1. The third-order valence-electron chi connectivity index (χ3n) is 5.26. The first-order valence-corrected chi connectivity index (χ1v) is 9.37. The van der Waals surface area contributed by atoms with Crippen molar-refractivity contribution in [2.75, 3.05) is 11.9 Å². The number of pyridine rings is 1. The Kier molecular flexibility index (Phi) is 8.26. The summed E-state index contributed by atoms with van der Waals surface area (Å²) in [6, 6.07) is 17.2. The summed E-state index contributed by atoms with van der Waals surface area (Å²) < 4.78 is 6.02. The number of aromatic nitrogens is 1. The third-order valence-corrected chi connectivity index (χ3v) is 5.26. The van der Waals surface area contributed by atoms with E-state index >= 15 is 0 Å². The lowest BCUT2D eigenvalue weighted by Crippen LogP contribution is -2.29. The van der Waals surface area contributed by atoms with E-state index < -0.39 is 0 Å². The molecule has 1 heterocycles. The van der Waals surface area contributed by atoms with E-state index in [0.717, 1.165) is 41.6 Å². The number of amides is 1. The number of benzene rings is 2. The molecular formula is C22H25Cl2N3O2. The molecule has 29 heavy (non-hydrogen) atoms. The van der Waals surface area contributed by atoms with Gasteiger partial charge in [-0.1, -0.05) is 18.6 Å². The quantitative estimate of drug-likeness (QED) is 0.580. The van der Waals surface area contributed by atoms with Gasteiger partial charge in [0.15, 0.2) is 0 Å². The van der Waals surface area contributed by atoms with Crippen LogP contribution >= 0.6 is 24.8 Å². The zero-order valence-corrected chi connectivity index (χ0v) is 17.5. The molecule has 2 atom stereocenters. The van der Waals surface area contributed by atoms with Gasteiger partial charge < -0.3 is 15.8 Å². The smallest absolute Gasteiger partial charge is 0.227 e. The molecule has 1 fully saturated rings. The summed E-state index contributed by atoms with van der Waals surface area (Å²) in [6.45, 7) is 0.574. The van der Waals surface area contributed by atoms with E-state index in [1.165, 1.54) is 0 Å². The molecule has 1 amide bonds. The second-order valence-corrected chi connectivity index (χ2v) is 6.98. The predicted molar refractivity (Wildman–Crippen MR) is 121 cm³/mol. The van der Waals surface area contributed by atoms with Crippen LogP contribution in [0.3, 0.4) is 0 Å². The fraction of sp³-hybridized carbons (Fsp3) is 0.273. The first kappa shape index (κ1) is 22.9. The Morgan fingerprint density at radius 3 is 2.59 bits per heavy atom. The van der Waals surface area contributed by atoms with E-state index in [-0.39, 0.29) is 36.6 Å². The Balaban J connectivity index is 0.00000150. The molecule has 1 aromatic heterocycles. The van der Waals surface area contributed by atoms with E-state index in [0.29, 0.717) is 18.2 Å². The van der Waals surface area contributed by atoms with Crippen LogP contribution in [0.15, 0.2) is 60.8 Å². The van der Waals surface area contributed by atoms with E-state index in [1.54, 1.807) is 6.20 Å². The van der Waals surface area contributed by atoms with Crippen molar-refractivity contribution < 1.29 is 9.53 Å². The number of nitrogens with one attached hydrogen (secondary N) is 1. The number of anilines is 1. The van der Waals surface area contributed by atoms with Crippen molar-refractivity contribution in [3.63, 3.8) is 0 Å². The molecule has 5 nitrogen and oxygen atoms in total. The summed E-state index contributed by atoms with van der Waals surface area (Å²) in [4.78, 5) is 16.8. The lowest BCUT2D eigenvalue weighted by molar-refractivity contribution is -0.120. The number of para-hydroxylation sites is 1. The van der Waals surface area contributed by atoms with Gasteiger partial charge in [-0.15, -0.1) is 24.8 Å². The monoisotopic (exact) mass is 433 g/mol. The fourth-order valence-electron chi connectivity index (χ4n) is 3.79. The lowest BCUT2D eigenvalue weighted by Gasteiger charge is -2.17. The fourth-order valence-corrected chi connectivity index (χ4v) is 3.79. The molecule has 3 aromatic rings. The molecule has 1 aliphatic rings. The standard InChI is InChI=1S/C22H23N3O2.2ClH/c23-14-15-4-3-6-18(15)22(26)25-16-8-10-17(11-9-16)27-21-12-13-24-20-7-2-1-5-19(20)21;;/h1-2,5,7-13,15,18H,3-4,6,14,23H2,(H,25,26);2*1H/t15-,18-;;/m1../s1. The highest BCUT2D eigenvalue weighted by molar-refractivity contribution is 5.93. The minimum Gasteiger partial charge on any atom is -0.457 e. The van der Waals surface area contributed by atoms with Crippen LogP contribution < -0.4 is 15.8 Å². The van der Waals surface area contributed by atoms with Gasteiger partial charge in [-0.25, -0.2) is 0 Å². The molecule has 7 heteroatoms. The van der Waals surface area contributed by atoms with Gasteiger partial charge in [0.05, 0.1) is 5.52 Å². The van der Waals surface area contributed by atoms with E-state index in [1.807, 2.05) is 54.6 Å². The number of hydrogen-bond donors (Lipinski definition) is 2. The molecular weight excluding hydrogens is 409 g/mol. The van der Waals surface area contributed by atoms with E-state index in [9.17, 15) is 4.79 Å². The zero-order valence-electron chi connectivity index (χ0n) is 15.9. The maximum atomic E-state index is 12.5. The highest BCUT2D eigenvalue weighted by atomic mass is 35.5. The van der Waals surface area contributed by atoms with Gasteiger partial charge in [-0.2, -0.15) is 0 Å². The van der Waals surface area contributed by atoms with Gasteiger partial charge in [-0.3, -0.25) is 9.78 Å². The summed E-state index contributed by atoms with van der Waals surface area (Å²) in [5.74, 6) is 1.86. The first-order chi connectivity index (χ1) is 13.2. The van der Waals surface area contributed by atoms with Crippen LogP contribution in [0.5, 0.6) is 11.5 Å². The number of hydrogen-bond acceptors (Lipinski definition) is 4. The molecule has 154 valence electrons. The number of nitrogens with zero attached hydrogens (tertiary/aromatic N) is 1. The maximum absolute atomic E-state index is 12.5. The number of carbonyl (C=O) groups is 1. The van der Waals surface area contributed by atoms with Crippen molar-refractivity contribution in [2.24, 2.45) is 17.6 Å². The van der Waals surface area contributed by atoms with Gasteiger partial charge in [0.2, 0.25) is 5.91 Å². The molecule has 0 saturated heterocycles. The van der Waals surface area contributed by atoms with Crippen molar-refractivity contribution in [3.05, 3.63) is 60.8 Å². The van der Waals surface area contributed by atoms with Gasteiger partial charge >= 0.3 is 0 Å². The van der Waals surface area contributed by atoms with Crippen molar-refractivity contribution in [2.45, 2.75) is 19.3 Å². The Bertz CT molecular complexity index is 945. The van der Waals surface area contributed by atoms with Crippen LogP contribution in [-0.4, -0.2) is 17.4 Å². The lowest BCUT2D eigenvalue weighted by atomic mass is 9.95. The van der Waals surface area contributed by atoms with E-state index in [4.69, 9.17) is 10.5 Å². The van der Waals surface area contributed by atoms with Crippen LogP contribution in [0, 0.1) is 11.8 Å². The number of ether oxygens (including phenoxy) is 1. The van der Waals surface area contributed by atoms with Crippen LogP contribution in [0.2, 0.25) is 0 Å².